The molecular weight excluding hydrogens is 244 g/mol. The average Bonchev–Trinajstić information content (AvgIpc) is 2.41. The standard InChI is InChI=1S/C14H18N2O3/c1-9-2-5-11(6-3-9)16-13(17)12-7-4-10(8-15-12)14(18)19/h4,7-9,11H,2-3,5-6H2,1H3,(H,16,17)(H,18,19). The van der Waals surface area contributed by atoms with E-state index >= 15 is 0 Å². The van der Waals surface area contributed by atoms with Crippen LogP contribution in [0.3, 0.4) is 0 Å². The van der Waals surface area contributed by atoms with Crippen molar-refractivity contribution >= 4 is 11.9 Å². The molecule has 1 aliphatic carbocycles. The summed E-state index contributed by atoms with van der Waals surface area (Å²) in [4.78, 5) is 26.5. The van der Waals surface area contributed by atoms with E-state index in [4.69, 9.17) is 5.11 Å². The lowest BCUT2D eigenvalue weighted by molar-refractivity contribution is 0.0695. The first-order chi connectivity index (χ1) is 9.06. The number of carboxylic acid groups (broad SMARTS) is 1. The second-order valence-corrected chi connectivity index (χ2v) is 5.17. The number of carbonyl (C=O) groups excluding carboxylic acids is 1. The highest BCUT2D eigenvalue weighted by molar-refractivity contribution is 5.93. The molecule has 1 amide bonds. The fraction of sp³-hybridized carbons (Fsp3) is 0.500. The molecule has 2 rings (SSSR count). The van der Waals surface area contributed by atoms with Crippen LogP contribution in [0, 0.1) is 5.92 Å². The Morgan fingerprint density at radius 2 is 1.95 bits per heavy atom. The Balaban J connectivity index is 1.94. The second-order valence-electron chi connectivity index (χ2n) is 5.17. The van der Waals surface area contributed by atoms with E-state index in [1.54, 1.807) is 0 Å². The number of rotatable bonds is 3. The molecule has 19 heavy (non-hydrogen) atoms. The van der Waals surface area contributed by atoms with Crippen LogP contribution in [-0.2, 0) is 0 Å². The maximum Gasteiger partial charge on any atom is 0.337 e. The normalized spacial score (nSPS) is 22.8. The number of amides is 1. The van der Waals surface area contributed by atoms with Gasteiger partial charge in [-0.3, -0.25) is 9.78 Å². The number of pyridine rings is 1. The summed E-state index contributed by atoms with van der Waals surface area (Å²) in [6.07, 6.45) is 5.48. The van der Waals surface area contributed by atoms with Crippen molar-refractivity contribution in [2.45, 2.75) is 38.6 Å². The molecule has 0 spiro atoms. The molecule has 5 nitrogen and oxygen atoms in total. The van der Waals surface area contributed by atoms with E-state index < -0.39 is 5.97 Å². The predicted octanol–water partition coefficient (Wildman–Crippen LogP) is 2.09. The van der Waals surface area contributed by atoms with Gasteiger partial charge in [-0.25, -0.2) is 4.79 Å². The van der Waals surface area contributed by atoms with Crippen LogP contribution in [0.5, 0.6) is 0 Å². The molecule has 1 aliphatic rings. The van der Waals surface area contributed by atoms with E-state index in [0.29, 0.717) is 0 Å². The number of carboxylic acids is 1. The Bertz CT molecular complexity index is 462. The smallest absolute Gasteiger partial charge is 0.337 e. The Morgan fingerprint density at radius 1 is 1.26 bits per heavy atom. The molecule has 102 valence electrons. The lowest BCUT2D eigenvalue weighted by atomic mass is 9.87. The molecule has 1 heterocycles. The van der Waals surface area contributed by atoms with E-state index in [0.717, 1.165) is 31.6 Å². The van der Waals surface area contributed by atoms with E-state index in [1.165, 1.54) is 18.3 Å². The molecule has 0 radical (unpaired) electrons. The number of nitrogens with one attached hydrogen (secondary N) is 1. The van der Waals surface area contributed by atoms with Gasteiger partial charge in [0, 0.05) is 12.2 Å². The number of aromatic carboxylic acids is 1. The van der Waals surface area contributed by atoms with Crippen molar-refractivity contribution < 1.29 is 14.7 Å². The summed E-state index contributed by atoms with van der Waals surface area (Å²) in [6, 6.07) is 3.06. The molecule has 1 aromatic heterocycles. The van der Waals surface area contributed by atoms with E-state index in [9.17, 15) is 9.59 Å². The molecule has 2 N–H and O–H groups in total. The first-order valence-corrected chi connectivity index (χ1v) is 6.56. The number of aromatic nitrogens is 1. The molecule has 0 saturated heterocycles. The van der Waals surface area contributed by atoms with Crippen LogP contribution in [0.15, 0.2) is 18.3 Å². The van der Waals surface area contributed by atoms with Crippen molar-refractivity contribution in [2.75, 3.05) is 0 Å². The van der Waals surface area contributed by atoms with Crippen LogP contribution in [-0.4, -0.2) is 28.0 Å². The van der Waals surface area contributed by atoms with Crippen molar-refractivity contribution in [1.29, 1.82) is 0 Å². The van der Waals surface area contributed by atoms with Crippen molar-refractivity contribution in [1.82, 2.24) is 10.3 Å². The molecule has 0 atom stereocenters. The number of nitrogens with zero attached hydrogens (tertiary/aromatic N) is 1. The van der Waals surface area contributed by atoms with Gasteiger partial charge in [0.2, 0.25) is 0 Å². The van der Waals surface area contributed by atoms with Crippen LogP contribution in [0.25, 0.3) is 0 Å². The predicted molar refractivity (Wildman–Crippen MR) is 70.1 cm³/mol. The lowest BCUT2D eigenvalue weighted by Crippen LogP contribution is -2.37. The van der Waals surface area contributed by atoms with Crippen LogP contribution in [0.1, 0.15) is 53.5 Å². The zero-order chi connectivity index (χ0) is 13.8. The molecule has 1 saturated carbocycles. The highest BCUT2D eigenvalue weighted by Crippen LogP contribution is 2.23. The Kier molecular flexibility index (Phi) is 4.14. The lowest BCUT2D eigenvalue weighted by Gasteiger charge is -2.26. The topological polar surface area (TPSA) is 79.3 Å². The molecule has 0 aromatic carbocycles. The summed E-state index contributed by atoms with van der Waals surface area (Å²) >= 11 is 0. The number of hydrogen-bond acceptors (Lipinski definition) is 3. The molecule has 0 aliphatic heterocycles. The molecule has 1 aromatic rings. The molecule has 0 unspecified atom stereocenters. The minimum absolute atomic E-state index is 0.0861. The van der Waals surface area contributed by atoms with Gasteiger partial charge < -0.3 is 10.4 Å². The van der Waals surface area contributed by atoms with Crippen LogP contribution >= 0.6 is 0 Å². The van der Waals surface area contributed by atoms with Crippen LogP contribution in [0.4, 0.5) is 0 Å². The third kappa shape index (κ3) is 3.53. The fourth-order valence-electron chi connectivity index (χ4n) is 2.32. The zero-order valence-electron chi connectivity index (χ0n) is 10.9. The first kappa shape index (κ1) is 13.5. The minimum Gasteiger partial charge on any atom is -0.478 e. The Morgan fingerprint density at radius 3 is 2.47 bits per heavy atom. The molecule has 1 fully saturated rings. The number of hydrogen-bond donors (Lipinski definition) is 2. The van der Waals surface area contributed by atoms with E-state index in [1.807, 2.05) is 0 Å². The van der Waals surface area contributed by atoms with E-state index in [2.05, 4.69) is 17.2 Å². The van der Waals surface area contributed by atoms with Gasteiger partial charge >= 0.3 is 5.97 Å². The van der Waals surface area contributed by atoms with Gasteiger partial charge in [-0.15, -0.1) is 0 Å². The van der Waals surface area contributed by atoms with Crippen LogP contribution < -0.4 is 5.32 Å². The van der Waals surface area contributed by atoms with E-state index in [-0.39, 0.29) is 23.2 Å². The van der Waals surface area contributed by atoms with Gasteiger partial charge in [-0.1, -0.05) is 6.92 Å². The monoisotopic (exact) mass is 262 g/mol. The summed E-state index contributed by atoms with van der Waals surface area (Å²) in [5.74, 6) is -0.529. The zero-order valence-corrected chi connectivity index (χ0v) is 10.9. The van der Waals surface area contributed by atoms with Crippen molar-refractivity contribution in [3.05, 3.63) is 29.6 Å². The van der Waals surface area contributed by atoms with Gasteiger partial charge in [-0.2, -0.15) is 0 Å². The maximum absolute atomic E-state index is 12.0. The SMILES string of the molecule is CC1CCC(NC(=O)c2ccc(C(=O)O)cn2)CC1. The number of carbonyl (C=O) groups is 2. The molecular formula is C14H18N2O3. The van der Waals surface area contributed by atoms with Crippen molar-refractivity contribution in [3.8, 4) is 0 Å². The third-order valence-electron chi connectivity index (χ3n) is 3.59. The van der Waals surface area contributed by atoms with Crippen molar-refractivity contribution in [2.24, 2.45) is 5.92 Å². The van der Waals surface area contributed by atoms with Gasteiger partial charge in [0.25, 0.3) is 5.91 Å². The van der Waals surface area contributed by atoms with Crippen molar-refractivity contribution in [3.63, 3.8) is 0 Å². The Hall–Kier alpha value is -1.91. The van der Waals surface area contributed by atoms with Crippen LogP contribution in [0.2, 0.25) is 0 Å². The highest BCUT2D eigenvalue weighted by Gasteiger charge is 2.20. The summed E-state index contributed by atoms with van der Waals surface area (Å²) in [6.45, 7) is 2.23. The minimum atomic E-state index is -1.04. The maximum atomic E-state index is 12.0. The summed E-state index contributed by atoms with van der Waals surface area (Å²) in [5, 5.41) is 11.7. The fourth-order valence-corrected chi connectivity index (χ4v) is 2.32. The highest BCUT2D eigenvalue weighted by atomic mass is 16.4. The molecule has 5 heteroatoms. The summed E-state index contributed by atoms with van der Waals surface area (Å²) in [7, 11) is 0. The quantitative estimate of drug-likeness (QED) is 0.874. The Labute approximate surface area is 112 Å². The van der Waals surface area contributed by atoms with Gasteiger partial charge in [0.15, 0.2) is 0 Å². The largest absolute Gasteiger partial charge is 0.478 e. The first-order valence-electron chi connectivity index (χ1n) is 6.56. The van der Waals surface area contributed by atoms with Gasteiger partial charge in [-0.05, 0) is 43.7 Å². The third-order valence-corrected chi connectivity index (χ3v) is 3.59. The summed E-state index contributed by atoms with van der Waals surface area (Å²) in [5.41, 5.74) is 0.353. The average molecular weight is 262 g/mol. The van der Waals surface area contributed by atoms with Gasteiger partial charge in [0.1, 0.15) is 5.69 Å². The molecule has 0 bridgehead atoms. The van der Waals surface area contributed by atoms with Gasteiger partial charge in [0.05, 0.1) is 5.56 Å². The summed E-state index contributed by atoms with van der Waals surface area (Å²) < 4.78 is 0. The second kappa shape index (κ2) is 5.82.